The first kappa shape index (κ1) is 16.7. The molecule has 0 fully saturated rings. The number of amides is 1. The SMILES string of the molecule is Cc1ccc(C)c(C2CC(=O)Nc3c2c(C)nn3-c2ccc(Cl)nn2)c1. The van der Waals surface area contributed by atoms with Gasteiger partial charge in [0.15, 0.2) is 11.0 Å². The maximum absolute atomic E-state index is 12.4. The summed E-state index contributed by atoms with van der Waals surface area (Å²) in [5.74, 6) is 1.10. The number of nitrogens with one attached hydrogen (secondary N) is 1. The first-order chi connectivity index (χ1) is 12.4. The summed E-state index contributed by atoms with van der Waals surface area (Å²) in [6.45, 7) is 6.09. The lowest BCUT2D eigenvalue weighted by Crippen LogP contribution is -2.25. The lowest BCUT2D eigenvalue weighted by atomic mass is 9.83. The van der Waals surface area contributed by atoms with Crippen molar-refractivity contribution in [2.24, 2.45) is 0 Å². The van der Waals surface area contributed by atoms with Crippen molar-refractivity contribution in [3.8, 4) is 5.82 Å². The molecule has 3 aromatic rings. The number of hydrogen-bond acceptors (Lipinski definition) is 4. The van der Waals surface area contributed by atoms with E-state index in [0.717, 1.165) is 16.8 Å². The quantitative estimate of drug-likeness (QED) is 0.749. The molecule has 0 bridgehead atoms. The zero-order chi connectivity index (χ0) is 18.4. The molecule has 6 nitrogen and oxygen atoms in total. The third-order valence-corrected chi connectivity index (χ3v) is 4.95. The molecule has 26 heavy (non-hydrogen) atoms. The van der Waals surface area contributed by atoms with Crippen molar-refractivity contribution in [2.45, 2.75) is 33.1 Å². The van der Waals surface area contributed by atoms with Gasteiger partial charge >= 0.3 is 0 Å². The Balaban J connectivity index is 1.90. The molecule has 7 heteroatoms. The minimum atomic E-state index is -0.0357. The fourth-order valence-electron chi connectivity index (χ4n) is 3.54. The van der Waals surface area contributed by atoms with Crippen LogP contribution in [0.15, 0.2) is 30.3 Å². The Hall–Kier alpha value is -2.73. The zero-order valence-corrected chi connectivity index (χ0v) is 15.5. The van der Waals surface area contributed by atoms with Gasteiger partial charge in [0.25, 0.3) is 0 Å². The molecule has 1 aromatic carbocycles. The van der Waals surface area contributed by atoms with E-state index in [1.165, 1.54) is 11.1 Å². The predicted octanol–water partition coefficient (Wildman–Crippen LogP) is 3.72. The van der Waals surface area contributed by atoms with Crippen LogP contribution >= 0.6 is 11.6 Å². The van der Waals surface area contributed by atoms with Crippen LogP contribution in [0.2, 0.25) is 5.15 Å². The van der Waals surface area contributed by atoms with Gasteiger partial charge in [0.1, 0.15) is 5.82 Å². The Morgan fingerprint density at radius 2 is 1.96 bits per heavy atom. The van der Waals surface area contributed by atoms with Gasteiger partial charge < -0.3 is 5.32 Å². The number of carbonyl (C=O) groups excluding carboxylic acids is 1. The molecule has 0 saturated carbocycles. The molecule has 0 spiro atoms. The van der Waals surface area contributed by atoms with Crippen LogP contribution in [0.5, 0.6) is 0 Å². The maximum Gasteiger partial charge on any atom is 0.226 e. The fourth-order valence-corrected chi connectivity index (χ4v) is 3.64. The highest BCUT2D eigenvalue weighted by molar-refractivity contribution is 6.29. The van der Waals surface area contributed by atoms with Crippen LogP contribution in [0.1, 0.15) is 40.3 Å². The molecule has 3 heterocycles. The number of fused-ring (bicyclic) bond motifs is 1. The van der Waals surface area contributed by atoms with Crippen LogP contribution in [-0.4, -0.2) is 25.9 Å². The second kappa shape index (κ2) is 6.21. The van der Waals surface area contributed by atoms with Crippen molar-refractivity contribution in [1.29, 1.82) is 0 Å². The molecular weight excluding hydrogens is 350 g/mol. The van der Waals surface area contributed by atoms with Gasteiger partial charge in [-0.05, 0) is 44.0 Å². The molecule has 1 N–H and O–H groups in total. The van der Waals surface area contributed by atoms with Crippen molar-refractivity contribution in [3.63, 3.8) is 0 Å². The van der Waals surface area contributed by atoms with E-state index in [2.05, 4.69) is 52.7 Å². The Morgan fingerprint density at radius 1 is 1.15 bits per heavy atom. The molecule has 0 aliphatic carbocycles. The van der Waals surface area contributed by atoms with Crippen molar-refractivity contribution < 1.29 is 4.79 Å². The molecule has 1 atom stereocenters. The van der Waals surface area contributed by atoms with E-state index in [0.29, 0.717) is 23.2 Å². The van der Waals surface area contributed by atoms with E-state index < -0.39 is 0 Å². The molecule has 132 valence electrons. The molecule has 1 aliphatic heterocycles. The third kappa shape index (κ3) is 2.76. The molecule has 1 unspecified atom stereocenters. The summed E-state index contributed by atoms with van der Waals surface area (Å²) < 4.78 is 1.63. The molecule has 0 radical (unpaired) electrons. The average molecular weight is 368 g/mol. The van der Waals surface area contributed by atoms with Crippen LogP contribution in [0, 0.1) is 20.8 Å². The summed E-state index contributed by atoms with van der Waals surface area (Å²) in [4.78, 5) is 12.4. The summed E-state index contributed by atoms with van der Waals surface area (Å²) in [6.07, 6.45) is 0.399. The second-order valence-electron chi connectivity index (χ2n) is 6.64. The van der Waals surface area contributed by atoms with Crippen LogP contribution in [-0.2, 0) is 4.79 Å². The predicted molar refractivity (Wildman–Crippen MR) is 99.9 cm³/mol. The van der Waals surface area contributed by atoms with E-state index in [-0.39, 0.29) is 11.8 Å². The molecule has 2 aromatic heterocycles. The molecule has 4 rings (SSSR count). The van der Waals surface area contributed by atoms with E-state index in [4.69, 9.17) is 11.6 Å². The summed E-state index contributed by atoms with van der Waals surface area (Å²) in [5, 5.41) is 15.8. The number of aryl methyl sites for hydroxylation is 3. The summed E-state index contributed by atoms with van der Waals surface area (Å²) >= 11 is 5.83. The van der Waals surface area contributed by atoms with Gasteiger partial charge in [0, 0.05) is 17.9 Å². The number of aromatic nitrogens is 4. The normalized spacial score (nSPS) is 16.3. The largest absolute Gasteiger partial charge is 0.310 e. The first-order valence-electron chi connectivity index (χ1n) is 8.40. The highest BCUT2D eigenvalue weighted by Crippen LogP contribution is 2.41. The Labute approximate surface area is 156 Å². The minimum Gasteiger partial charge on any atom is -0.310 e. The topological polar surface area (TPSA) is 72.7 Å². The maximum atomic E-state index is 12.4. The lowest BCUT2D eigenvalue weighted by molar-refractivity contribution is -0.116. The number of benzene rings is 1. The van der Waals surface area contributed by atoms with Gasteiger partial charge in [-0.3, -0.25) is 4.79 Å². The summed E-state index contributed by atoms with van der Waals surface area (Å²) in [6, 6.07) is 9.72. The van der Waals surface area contributed by atoms with Crippen LogP contribution < -0.4 is 5.32 Å². The second-order valence-corrected chi connectivity index (χ2v) is 7.03. The minimum absolute atomic E-state index is 0.0346. The number of anilines is 1. The monoisotopic (exact) mass is 367 g/mol. The fraction of sp³-hybridized carbons (Fsp3) is 0.263. The van der Waals surface area contributed by atoms with E-state index >= 15 is 0 Å². The Morgan fingerprint density at radius 3 is 2.69 bits per heavy atom. The van der Waals surface area contributed by atoms with Crippen molar-refractivity contribution in [1.82, 2.24) is 20.0 Å². The van der Waals surface area contributed by atoms with Gasteiger partial charge in [-0.1, -0.05) is 35.4 Å². The summed E-state index contributed by atoms with van der Waals surface area (Å²) in [7, 11) is 0. The van der Waals surface area contributed by atoms with Gasteiger partial charge in [-0.2, -0.15) is 9.78 Å². The van der Waals surface area contributed by atoms with Crippen molar-refractivity contribution in [3.05, 3.63) is 63.4 Å². The van der Waals surface area contributed by atoms with Crippen molar-refractivity contribution in [2.75, 3.05) is 5.32 Å². The Kier molecular flexibility index (Phi) is 4.00. The van der Waals surface area contributed by atoms with Gasteiger partial charge in [-0.25, -0.2) is 0 Å². The van der Waals surface area contributed by atoms with Gasteiger partial charge in [0.05, 0.1) is 5.69 Å². The third-order valence-electron chi connectivity index (χ3n) is 4.75. The highest BCUT2D eigenvalue weighted by Gasteiger charge is 2.33. The van der Waals surface area contributed by atoms with E-state index in [9.17, 15) is 4.79 Å². The highest BCUT2D eigenvalue weighted by atomic mass is 35.5. The molecule has 0 saturated heterocycles. The smallest absolute Gasteiger partial charge is 0.226 e. The first-order valence-corrected chi connectivity index (χ1v) is 8.78. The van der Waals surface area contributed by atoms with Crippen LogP contribution in [0.4, 0.5) is 5.82 Å². The number of nitrogens with zero attached hydrogens (tertiary/aromatic N) is 4. The van der Waals surface area contributed by atoms with Crippen LogP contribution in [0.25, 0.3) is 5.82 Å². The zero-order valence-electron chi connectivity index (χ0n) is 14.7. The van der Waals surface area contributed by atoms with E-state index in [1.54, 1.807) is 16.8 Å². The van der Waals surface area contributed by atoms with Gasteiger partial charge in [-0.15, -0.1) is 10.2 Å². The van der Waals surface area contributed by atoms with Gasteiger partial charge in [0.2, 0.25) is 5.91 Å². The lowest BCUT2D eigenvalue weighted by Gasteiger charge is -2.25. The number of carbonyl (C=O) groups is 1. The number of rotatable bonds is 2. The Bertz CT molecular complexity index is 1010. The molecule has 1 aliphatic rings. The average Bonchev–Trinajstić information content (AvgIpc) is 2.94. The van der Waals surface area contributed by atoms with Crippen LogP contribution in [0.3, 0.4) is 0 Å². The molecular formula is C19H18ClN5O. The number of halogens is 1. The summed E-state index contributed by atoms with van der Waals surface area (Å²) in [5.41, 5.74) is 5.38. The van der Waals surface area contributed by atoms with E-state index in [1.807, 2.05) is 6.92 Å². The molecule has 1 amide bonds. The standard InChI is InChI=1S/C19H18ClN5O/c1-10-4-5-11(2)13(8-10)14-9-17(26)21-19-18(14)12(3)24-25(19)16-7-6-15(20)22-23-16/h4-8,14H,9H2,1-3H3,(H,21,26). The number of hydrogen-bond donors (Lipinski definition) is 1. The van der Waals surface area contributed by atoms with Crippen molar-refractivity contribution >= 4 is 23.3 Å².